The molecule has 0 aromatic carbocycles. The summed E-state index contributed by atoms with van der Waals surface area (Å²) in [6, 6.07) is 2.04. The van der Waals surface area contributed by atoms with Crippen LogP contribution in [0.3, 0.4) is 0 Å². The molecule has 18 heavy (non-hydrogen) atoms. The molecule has 6 heteroatoms. The second-order valence-electron chi connectivity index (χ2n) is 4.44. The standard InChI is InChI=1S/C12H14BrNO3S/c13-8-1-5-17-11(8)12(15)14-3-6-18-10-7-16-4-2-9(10)14/h1,5,9-10H,2-4,6-7H2. The average molecular weight is 332 g/mol. The van der Waals surface area contributed by atoms with E-state index < -0.39 is 0 Å². The Morgan fingerprint density at radius 2 is 2.44 bits per heavy atom. The maximum absolute atomic E-state index is 12.5. The zero-order valence-corrected chi connectivity index (χ0v) is 12.2. The summed E-state index contributed by atoms with van der Waals surface area (Å²) in [6.45, 7) is 2.28. The molecule has 2 fully saturated rings. The van der Waals surface area contributed by atoms with Gasteiger partial charge in [-0.25, -0.2) is 0 Å². The molecular formula is C12H14BrNO3S. The van der Waals surface area contributed by atoms with Gasteiger partial charge in [0.2, 0.25) is 5.76 Å². The first-order chi connectivity index (χ1) is 8.77. The summed E-state index contributed by atoms with van der Waals surface area (Å²) in [6.07, 6.45) is 2.46. The van der Waals surface area contributed by atoms with Crippen LogP contribution in [0.1, 0.15) is 17.0 Å². The Balaban J connectivity index is 1.82. The SMILES string of the molecule is O=C(c1occc1Br)N1CCSC2COCCC21. The molecule has 1 aromatic heterocycles. The third-order valence-corrected chi connectivity index (χ3v) is 5.33. The number of nitrogens with zero attached hydrogens (tertiary/aromatic N) is 1. The molecule has 1 amide bonds. The van der Waals surface area contributed by atoms with Crippen molar-refractivity contribution in [2.75, 3.05) is 25.5 Å². The molecule has 0 spiro atoms. The number of halogens is 1. The van der Waals surface area contributed by atoms with Gasteiger partial charge in [0.05, 0.1) is 17.3 Å². The largest absolute Gasteiger partial charge is 0.458 e. The Kier molecular flexibility index (Phi) is 3.68. The molecule has 98 valence electrons. The highest BCUT2D eigenvalue weighted by Gasteiger charge is 2.38. The number of carbonyl (C=O) groups is 1. The van der Waals surface area contributed by atoms with Crippen LogP contribution >= 0.6 is 27.7 Å². The Bertz CT molecular complexity index is 448. The molecule has 3 rings (SSSR count). The summed E-state index contributed by atoms with van der Waals surface area (Å²) in [5, 5.41) is 0.408. The van der Waals surface area contributed by atoms with Crippen LogP contribution in [0.4, 0.5) is 0 Å². The van der Waals surface area contributed by atoms with Crippen molar-refractivity contribution in [2.45, 2.75) is 17.7 Å². The molecule has 0 aliphatic carbocycles. The fraction of sp³-hybridized carbons (Fsp3) is 0.583. The number of hydrogen-bond donors (Lipinski definition) is 0. The Morgan fingerprint density at radius 1 is 1.56 bits per heavy atom. The van der Waals surface area contributed by atoms with Crippen LogP contribution in [-0.2, 0) is 4.74 Å². The van der Waals surface area contributed by atoms with Gasteiger partial charge in [-0.2, -0.15) is 11.8 Å². The minimum Gasteiger partial charge on any atom is -0.458 e. The summed E-state index contributed by atoms with van der Waals surface area (Å²) in [5.74, 6) is 1.37. The van der Waals surface area contributed by atoms with Crippen LogP contribution in [0, 0.1) is 0 Å². The molecule has 0 radical (unpaired) electrons. The maximum Gasteiger partial charge on any atom is 0.291 e. The predicted octanol–water partition coefficient (Wildman–Crippen LogP) is 2.39. The normalized spacial score (nSPS) is 27.9. The molecule has 2 aliphatic heterocycles. The van der Waals surface area contributed by atoms with Crippen LogP contribution in [0.2, 0.25) is 0 Å². The average Bonchev–Trinajstić information content (AvgIpc) is 2.83. The second-order valence-corrected chi connectivity index (χ2v) is 6.64. The molecule has 0 bridgehead atoms. The van der Waals surface area contributed by atoms with Gasteiger partial charge in [-0.15, -0.1) is 0 Å². The molecule has 2 aliphatic rings. The summed E-state index contributed by atoms with van der Waals surface area (Å²) in [4.78, 5) is 14.4. The van der Waals surface area contributed by atoms with Crippen molar-refractivity contribution in [3.63, 3.8) is 0 Å². The smallest absolute Gasteiger partial charge is 0.291 e. The van der Waals surface area contributed by atoms with E-state index in [2.05, 4.69) is 15.9 Å². The van der Waals surface area contributed by atoms with Gasteiger partial charge in [-0.1, -0.05) is 0 Å². The Labute approximate surface area is 118 Å². The van der Waals surface area contributed by atoms with E-state index in [1.807, 2.05) is 16.7 Å². The maximum atomic E-state index is 12.5. The van der Waals surface area contributed by atoms with E-state index in [1.165, 1.54) is 6.26 Å². The number of furan rings is 1. The first-order valence-electron chi connectivity index (χ1n) is 6.00. The van der Waals surface area contributed by atoms with Crippen molar-refractivity contribution >= 4 is 33.6 Å². The molecule has 4 nitrogen and oxygen atoms in total. The summed E-state index contributed by atoms with van der Waals surface area (Å²) < 4.78 is 11.5. The number of thioether (sulfide) groups is 1. The van der Waals surface area contributed by atoms with E-state index in [0.29, 0.717) is 11.0 Å². The third kappa shape index (κ3) is 2.21. The van der Waals surface area contributed by atoms with Crippen molar-refractivity contribution < 1.29 is 13.9 Å². The molecule has 2 unspecified atom stereocenters. The van der Waals surface area contributed by atoms with Gasteiger partial charge in [0.15, 0.2) is 0 Å². The number of ether oxygens (including phenoxy) is 1. The molecule has 2 saturated heterocycles. The number of rotatable bonds is 1. The molecule has 0 saturated carbocycles. The lowest BCUT2D eigenvalue weighted by molar-refractivity contribution is 0.0300. The number of amides is 1. The van der Waals surface area contributed by atoms with Gasteiger partial charge < -0.3 is 14.1 Å². The number of fused-ring (bicyclic) bond motifs is 1. The minimum atomic E-state index is -0.0101. The quantitative estimate of drug-likeness (QED) is 0.792. The highest BCUT2D eigenvalue weighted by molar-refractivity contribution is 9.10. The van der Waals surface area contributed by atoms with Crippen LogP contribution in [-0.4, -0.2) is 47.6 Å². The van der Waals surface area contributed by atoms with E-state index in [9.17, 15) is 4.79 Å². The monoisotopic (exact) mass is 331 g/mol. The third-order valence-electron chi connectivity index (χ3n) is 3.41. The molecule has 3 heterocycles. The highest BCUT2D eigenvalue weighted by Crippen LogP contribution is 2.32. The molecule has 2 atom stereocenters. The van der Waals surface area contributed by atoms with Crippen LogP contribution < -0.4 is 0 Å². The highest BCUT2D eigenvalue weighted by atomic mass is 79.9. The summed E-state index contributed by atoms with van der Waals surface area (Å²) in [5.41, 5.74) is 0. The van der Waals surface area contributed by atoms with Gasteiger partial charge in [-0.05, 0) is 28.4 Å². The van der Waals surface area contributed by atoms with Crippen LogP contribution in [0.5, 0.6) is 0 Å². The summed E-state index contributed by atoms with van der Waals surface area (Å²) >= 11 is 5.26. The van der Waals surface area contributed by atoms with E-state index in [1.54, 1.807) is 6.07 Å². The van der Waals surface area contributed by atoms with Crippen molar-refractivity contribution in [1.29, 1.82) is 0 Å². The zero-order valence-electron chi connectivity index (χ0n) is 9.80. The lowest BCUT2D eigenvalue weighted by atomic mass is 10.1. The van der Waals surface area contributed by atoms with E-state index in [-0.39, 0.29) is 11.9 Å². The molecule has 0 N–H and O–H groups in total. The van der Waals surface area contributed by atoms with Crippen molar-refractivity contribution in [1.82, 2.24) is 4.90 Å². The summed E-state index contributed by atoms with van der Waals surface area (Å²) in [7, 11) is 0. The van der Waals surface area contributed by atoms with Gasteiger partial charge >= 0.3 is 0 Å². The van der Waals surface area contributed by atoms with Gasteiger partial charge in [-0.3, -0.25) is 4.79 Å². The first-order valence-corrected chi connectivity index (χ1v) is 7.85. The van der Waals surface area contributed by atoms with Gasteiger partial charge in [0.1, 0.15) is 0 Å². The first kappa shape index (κ1) is 12.6. The molecular weight excluding hydrogens is 318 g/mol. The topological polar surface area (TPSA) is 42.7 Å². The molecule has 1 aromatic rings. The zero-order chi connectivity index (χ0) is 12.5. The van der Waals surface area contributed by atoms with Crippen molar-refractivity contribution in [3.05, 3.63) is 22.6 Å². The fourth-order valence-electron chi connectivity index (χ4n) is 2.51. The Hall–Kier alpha value is -0.460. The van der Waals surface area contributed by atoms with Crippen LogP contribution in [0.25, 0.3) is 0 Å². The fourth-order valence-corrected chi connectivity index (χ4v) is 4.19. The predicted molar refractivity (Wildman–Crippen MR) is 72.9 cm³/mol. The van der Waals surface area contributed by atoms with Gasteiger partial charge in [0, 0.05) is 30.2 Å². The number of carbonyl (C=O) groups excluding carboxylic acids is 1. The van der Waals surface area contributed by atoms with Gasteiger partial charge in [0.25, 0.3) is 5.91 Å². The van der Waals surface area contributed by atoms with E-state index >= 15 is 0 Å². The van der Waals surface area contributed by atoms with Crippen molar-refractivity contribution in [3.8, 4) is 0 Å². The second kappa shape index (κ2) is 5.27. The minimum absolute atomic E-state index is 0.0101. The van der Waals surface area contributed by atoms with Crippen molar-refractivity contribution in [2.24, 2.45) is 0 Å². The number of hydrogen-bond acceptors (Lipinski definition) is 4. The Morgan fingerprint density at radius 3 is 3.22 bits per heavy atom. The van der Waals surface area contributed by atoms with Crippen LogP contribution in [0.15, 0.2) is 21.2 Å². The lowest BCUT2D eigenvalue weighted by Gasteiger charge is -2.43. The van der Waals surface area contributed by atoms with E-state index in [4.69, 9.17) is 9.15 Å². The lowest BCUT2D eigenvalue weighted by Crippen LogP contribution is -2.54. The van der Waals surface area contributed by atoms with E-state index in [0.717, 1.165) is 36.4 Å².